The largest absolute Gasteiger partial charge is 0.357 e. The normalized spacial score (nSPS) is 18.4. The van der Waals surface area contributed by atoms with E-state index in [9.17, 15) is 4.79 Å². The molecule has 1 heterocycles. The molecule has 1 fully saturated rings. The van der Waals surface area contributed by atoms with Crippen molar-refractivity contribution >= 4 is 29.3 Å². The molecule has 1 unspecified atom stereocenters. The van der Waals surface area contributed by atoms with Gasteiger partial charge in [-0.1, -0.05) is 19.1 Å². The SMILES string of the molecule is CCNC(=NCc1cccc(NC(C)=O)c1)N1CCSC(CC)C1. The molecule has 5 nitrogen and oxygen atoms in total. The number of aliphatic imine (C=N–C) groups is 1. The zero-order valence-electron chi connectivity index (χ0n) is 14.8. The third-order valence-electron chi connectivity index (χ3n) is 3.89. The number of hydrogen-bond donors (Lipinski definition) is 2. The number of carbonyl (C=O) groups is 1. The van der Waals surface area contributed by atoms with E-state index in [0.717, 1.165) is 42.6 Å². The van der Waals surface area contributed by atoms with E-state index in [-0.39, 0.29) is 5.91 Å². The minimum atomic E-state index is -0.0552. The third kappa shape index (κ3) is 5.74. The van der Waals surface area contributed by atoms with Crippen LogP contribution in [0, 0.1) is 0 Å². The molecule has 0 bridgehead atoms. The smallest absolute Gasteiger partial charge is 0.221 e. The van der Waals surface area contributed by atoms with Gasteiger partial charge in [-0.25, -0.2) is 4.99 Å². The summed E-state index contributed by atoms with van der Waals surface area (Å²) < 4.78 is 0. The lowest BCUT2D eigenvalue weighted by molar-refractivity contribution is -0.114. The van der Waals surface area contributed by atoms with Crippen LogP contribution in [0.15, 0.2) is 29.3 Å². The van der Waals surface area contributed by atoms with E-state index in [4.69, 9.17) is 4.99 Å². The van der Waals surface area contributed by atoms with Crippen LogP contribution in [0.5, 0.6) is 0 Å². The number of anilines is 1. The van der Waals surface area contributed by atoms with Gasteiger partial charge in [0, 0.05) is 43.2 Å². The molecule has 1 atom stereocenters. The maximum absolute atomic E-state index is 11.2. The fraction of sp³-hybridized carbons (Fsp3) is 0.556. The molecule has 0 spiro atoms. The summed E-state index contributed by atoms with van der Waals surface area (Å²) in [5.41, 5.74) is 1.91. The second-order valence-electron chi connectivity index (χ2n) is 5.90. The minimum absolute atomic E-state index is 0.0552. The first-order valence-corrected chi connectivity index (χ1v) is 9.68. The van der Waals surface area contributed by atoms with Crippen molar-refractivity contribution in [2.45, 2.75) is 39.0 Å². The highest BCUT2D eigenvalue weighted by Crippen LogP contribution is 2.21. The number of hydrogen-bond acceptors (Lipinski definition) is 3. The lowest BCUT2D eigenvalue weighted by atomic mass is 10.2. The van der Waals surface area contributed by atoms with Gasteiger partial charge in [0.25, 0.3) is 0 Å². The van der Waals surface area contributed by atoms with Gasteiger partial charge in [-0.15, -0.1) is 0 Å². The van der Waals surface area contributed by atoms with Crippen molar-refractivity contribution < 1.29 is 4.79 Å². The van der Waals surface area contributed by atoms with E-state index in [1.807, 2.05) is 24.3 Å². The predicted octanol–water partition coefficient (Wildman–Crippen LogP) is 2.94. The summed E-state index contributed by atoms with van der Waals surface area (Å²) >= 11 is 2.06. The van der Waals surface area contributed by atoms with Crippen LogP contribution in [0.25, 0.3) is 0 Å². The molecule has 6 heteroatoms. The molecular formula is C18H28N4OS. The van der Waals surface area contributed by atoms with Crippen LogP contribution in [0.3, 0.4) is 0 Å². The van der Waals surface area contributed by atoms with Gasteiger partial charge >= 0.3 is 0 Å². The fourth-order valence-corrected chi connectivity index (χ4v) is 3.88. The summed E-state index contributed by atoms with van der Waals surface area (Å²) in [5, 5.41) is 6.92. The Kier molecular flexibility index (Phi) is 7.43. The maximum atomic E-state index is 11.2. The zero-order valence-corrected chi connectivity index (χ0v) is 15.7. The lowest BCUT2D eigenvalue weighted by Gasteiger charge is -2.34. The Morgan fingerprint density at radius 1 is 1.42 bits per heavy atom. The first-order chi connectivity index (χ1) is 11.6. The topological polar surface area (TPSA) is 56.7 Å². The quantitative estimate of drug-likeness (QED) is 0.634. The van der Waals surface area contributed by atoms with Crippen molar-refractivity contribution in [3.63, 3.8) is 0 Å². The van der Waals surface area contributed by atoms with E-state index in [1.54, 1.807) is 0 Å². The number of nitrogens with zero attached hydrogens (tertiary/aromatic N) is 2. The van der Waals surface area contributed by atoms with Crippen molar-refractivity contribution in [3.8, 4) is 0 Å². The summed E-state index contributed by atoms with van der Waals surface area (Å²) in [6.07, 6.45) is 1.19. The van der Waals surface area contributed by atoms with E-state index in [1.165, 1.54) is 13.3 Å². The predicted molar refractivity (Wildman–Crippen MR) is 104 cm³/mol. The Labute approximate surface area is 149 Å². The molecule has 1 aromatic rings. The monoisotopic (exact) mass is 348 g/mol. The Balaban J connectivity index is 2.06. The number of benzene rings is 1. The van der Waals surface area contributed by atoms with Crippen LogP contribution in [-0.2, 0) is 11.3 Å². The van der Waals surface area contributed by atoms with Gasteiger partial charge in [0.15, 0.2) is 5.96 Å². The minimum Gasteiger partial charge on any atom is -0.357 e. The molecule has 1 aliphatic rings. The van der Waals surface area contributed by atoms with Gasteiger partial charge in [0.2, 0.25) is 5.91 Å². The van der Waals surface area contributed by atoms with Crippen molar-refractivity contribution in [1.29, 1.82) is 0 Å². The molecule has 2 rings (SSSR count). The number of rotatable bonds is 5. The number of carbonyl (C=O) groups excluding carboxylic acids is 1. The van der Waals surface area contributed by atoms with Crippen molar-refractivity contribution in [3.05, 3.63) is 29.8 Å². The molecule has 0 saturated carbocycles. The van der Waals surface area contributed by atoms with Crippen LogP contribution < -0.4 is 10.6 Å². The number of guanidine groups is 1. The van der Waals surface area contributed by atoms with Gasteiger partial charge in [-0.05, 0) is 31.0 Å². The lowest BCUT2D eigenvalue weighted by Crippen LogP contribution is -2.48. The Hall–Kier alpha value is -1.69. The van der Waals surface area contributed by atoms with E-state index < -0.39 is 0 Å². The van der Waals surface area contributed by atoms with Crippen LogP contribution in [0.2, 0.25) is 0 Å². The van der Waals surface area contributed by atoms with Crippen LogP contribution >= 0.6 is 11.8 Å². The Bertz CT molecular complexity index is 576. The first kappa shape index (κ1) is 18.6. The molecule has 1 aliphatic heterocycles. The van der Waals surface area contributed by atoms with Crippen LogP contribution in [0.1, 0.15) is 32.8 Å². The average molecular weight is 349 g/mol. The second-order valence-corrected chi connectivity index (χ2v) is 7.31. The molecule has 0 aromatic heterocycles. The zero-order chi connectivity index (χ0) is 17.4. The van der Waals surface area contributed by atoms with E-state index >= 15 is 0 Å². The summed E-state index contributed by atoms with van der Waals surface area (Å²) in [6, 6.07) is 7.87. The summed E-state index contributed by atoms with van der Waals surface area (Å²) in [4.78, 5) is 18.4. The highest BCUT2D eigenvalue weighted by Gasteiger charge is 2.21. The third-order valence-corrected chi connectivity index (χ3v) is 5.26. The summed E-state index contributed by atoms with van der Waals surface area (Å²) in [5.74, 6) is 2.09. The Morgan fingerprint density at radius 3 is 2.96 bits per heavy atom. The summed E-state index contributed by atoms with van der Waals surface area (Å²) in [7, 11) is 0. The first-order valence-electron chi connectivity index (χ1n) is 8.63. The molecule has 2 N–H and O–H groups in total. The number of thioether (sulfide) groups is 1. The van der Waals surface area contributed by atoms with Gasteiger partial charge in [0.05, 0.1) is 6.54 Å². The van der Waals surface area contributed by atoms with Crippen LogP contribution in [-0.4, -0.2) is 47.4 Å². The van der Waals surface area contributed by atoms with Gasteiger partial charge < -0.3 is 15.5 Å². The number of nitrogens with one attached hydrogen (secondary N) is 2. The average Bonchev–Trinajstić information content (AvgIpc) is 2.58. The van der Waals surface area contributed by atoms with Crippen LogP contribution in [0.4, 0.5) is 5.69 Å². The van der Waals surface area contributed by atoms with Crippen molar-refractivity contribution in [2.24, 2.45) is 4.99 Å². The Morgan fingerprint density at radius 2 is 2.25 bits per heavy atom. The molecule has 0 aliphatic carbocycles. The fourth-order valence-electron chi connectivity index (χ4n) is 2.70. The molecule has 24 heavy (non-hydrogen) atoms. The summed E-state index contributed by atoms with van der Waals surface area (Å²) in [6.45, 7) is 9.44. The maximum Gasteiger partial charge on any atom is 0.221 e. The van der Waals surface area contributed by atoms with Gasteiger partial charge in [-0.2, -0.15) is 11.8 Å². The molecular weight excluding hydrogens is 320 g/mol. The molecule has 132 valence electrons. The van der Waals surface area contributed by atoms with E-state index in [2.05, 4.69) is 41.1 Å². The van der Waals surface area contributed by atoms with Gasteiger partial charge in [0.1, 0.15) is 0 Å². The molecule has 1 saturated heterocycles. The van der Waals surface area contributed by atoms with Crippen molar-refractivity contribution in [1.82, 2.24) is 10.2 Å². The highest BCUT2D eigenvalue weighted by molar-refractivity contribution is 8.00. The van der Waals surface area contributed by atoms with Crippen molar-refractivity contribution in [2.75, 3.05) is 30.7 Å². The van der Waals surface area contributed by atoms with Gasteiger partial charge in [-0.3, -0.25) is 4.79 Å². The molecule has 1 amide bonds. The molecule has 1 aromatic carbocycles. The second kappa shape index (κ2) is 9.57. The highest BCUT2D eigenvalue weighted by atomic mass is 32.2. The van der Waals surface area contributed by atoms with E-state index in [0.29, 0.717) is 11.8 Å². The molecule has 0 radical (unpaired) electrons. The number of amides is 1. The standard InChI is InChI=1S/C18H28N4OS/c1-4-17-13-22(9-10-24-17)18(19-5-2)20-12-15-7-6-8-16(11-15)21-14(3)23/h6-8,11,17H,4-5,9-10,12-13H2,1-3H3,(H,19,20)(H,21,23).